The fourth-order valence-electron chi connectivity index (χ4n) is 1.80. The molecule has 0 saturated carbocycles. The molecule has 0 nitrogen and oxygen atoms in total. The van der Waals surface area contributed by atoms with Gasteiger partial charge in [-0.1, -0.05) is 36.1 Å². The topological polar surface area (TPSA) is 0 Å². The fourth-order valence-corrected chi connectivity index (χ4v) is 1.80. The summed E-state index contributed by atoms with van der Waals surface area (Å²) in [6.07, 6.45) is 4.44. The Kier molecular flexibility index (Phi) is 2.88. The molecule has 1 aromatic rings. The van der Waals surface area contributed by atoms with Crippen molar-refractivity contribution < 1.29 is 0 Å². The molecule has 0 atom stereocenters. The molecule has 0 aliphatic heterocycles. The fraction of sp³-hybridized carbons (Fsp3) is 0.375. The van der Waals surface area contributed by atoms with Crippen LogP contribution in [0, 0.1) is 17.3 Å². The lowest BCUT2D eigenvalue weighted by Crippen LogP contribution is -2.01. The van der Waals surface area contributed by atoms with Gasteiger partial charge in [0.1, 0.15) is 0 Å². The van der Waals surface area contributed by atoms with E-state index in [1.807, 2.05) is 0 Å². The van der Waals surface area contributed by atoms with Crippen LogP contribution < -0.4 is 0 Å². The minimum absolute atomic E-state index is 0.0950. The predicted octanol–water partition coefficient (Wildman–Crippen LogP) is 4.07. The Labute approximate surface area is 98.4 Å². The third kappa shape index (κ3) is 2.76. The second-order valence-corrected chi connectivity index (χ2v) is 5.37. The number of hydrogen-bond acceptors (Lipinski definition) is 0. The second kappa shape index (κ2) is 4.18. The smallest absolute Gasteiger partial charge is 0.0233 e. The maximum Gasteiger partial charge on any atom is 0.0233 e. The van der Waals surface area contributed by atoms with Crippen LogP contribution in [0.25, 0.3) is 6.08 Å². The van der Waals surface area contributed by atoms with E-state index in [4.69, 9.17) is 0 Å². The molecule has 0 unspecified atom stereocenters. The average molecular weight is 210 g/mol. The third-order valence-electron chi connectivity index (χ3n) is 2.65. The van der Waals surface area contributed by atoms with E-state index in [0.717, 1.165) is 12.8 Å². The highest BCUT2D eigenvalue weighted by molar-refractivity contribution is 5.63. The standard InChI is InChI=1S/C16H18/c1-16(2,3)11-10-13-8-9-14-6-4-5-7-15(14)12-13/h4-7,12H,8-9H2,1-3H3. The molecule has 0 bridgehead atoms. The van der Waals surface area contributed by atoms with Gasteiger partial charge in [-0.25, -0.2) is 0 Å². The Hall–Kier alpha value is -1.48. The van der Waals surface area contributed by atoms with E-state index in [1.165, 1.54) is 16.7 Å². The van der Waals surface area contributed by atoms with Gasteiger partial charge in [0.05, 0.1) is 0 Å². The molecule has 0 heterocycles. The van der Waals surface area contributed by atoms with Gasteiger partial charge in [-0.05, 0) is 50.8 Å². The highest BCUT2D eigenvalue weighted by Gasteiger charge is 2.09. The summed E-state index contributed by atoms with van der Waals surface area (Å²) in [6, 6.07) is 8.58. The van der Waals surface area contributed by atoms with Gasteiger partial charge in [-0.3, -0.25) is 0 Å². The molecule has 1 aromatic carbocycles. The summed E-state index contributed by atoms with van der Waals surface area (Å²) in [5, 5.41) is 0. The van der Waals surface area contributed by atoms with Crippen molar-refractivity contribution in [1.82, 2.24) is 0 Å². The SMILES string of the molecule is CC(C)(C)C#CC1=Cc2ccccc2CC1. The molecular weight excluding hydrogens is 192 g/mol. The summed E-state index contributed by atoms with van der Waals surface area (Å²) < 4.78 is 0. The highest BCUT2D eigenvalue weighted by atomic mass is 14.1. The van der Waals surface area contributed by atoms with Crippen LogP contribution in [-0.4, -0.2) is 0 Å². The van der Waals surface area contributed by atoms with Crippen molar-refractivity contribution in [3.8, 4) is 11.8 Å². The molecule has 0 aromatic heterocycles. The molecule has 2 rings (SSSR count). The van der Waals surface area contributed by atoms with E-state index in [0.29, 0.717) is 0 Å². The first-order chi connectivity index (χ1) is 7.54. The van der Waals surface area contributed by atoms with Crippen LogP contribution in [0.3, 0.4) is 0 Å². The number of rotatable bonds is 0. The van der Waals surface area contributed by atoms with E-state index in [-0.39, 0.29) is 5.41 Å². The van der Waals surface area contributed by atoms with Crippen molar-refractivity contribution in [2.75, 3.05) is 0 Å². The van der Waals surface area contributed by atoms with Crippen LogP contribution in [0.4, 0.5) is 0 Å². The van der Waals surface area contributed by atoms with Crippen LogP contribution >= 0.6 is 0 Å². The van der Waals surface area contributed by atoms with Gasteiger partial charge in [0.15, 0.2) is 0 Å². The van der Waals surface area contributed by atoms with Gasteiger partial charge < -0.3 is 0 Å². The van der Waals surface area contributed by atoms with Crippen molar-refractivity contribution >= 4 is 6.08 Å². The highest BCUT2D eigenvalue weighted by Crippen LogP contribution is 2.23. The van der Waals surface area contributed by atoms with E-state index >= 15 is 0 Å². The molecule has 0 N–H and O–H groups in total. The van der Waals surface area contributed by atoms with Crippen molar-refractivity contribution in [3.63, 3.8) is 0 Å². The van der Waals surface area contributed by atoms with Crippen LogP contribution in [0.15, 0.2) is 29.8 Å². The Morgan fingerprint density at radius 2 is 1.81 bits per heavy atom. The first-order valence-electron chi connectivity index (χ1n) is 5.86. The lowest BCUT2D eigenvalue weighted by atomic mass is 9.91. The van der Waals surface area contributed by atoms with Gasteiger partial charge >= 0.3 is 0 Å². The van der Waals surface area contributed by atoms with Gasteiger partial charge in [-0.2, -0.15) is 0 Å². The van der Waals surface area contributed by atoms with Gasteiger partial charge in [0, 0.05) is 11.0 Å². The first kappa shape index (κ1) is 11.0. The molecule has 1 aliphatic rings. The van der Waals surface area contributed by atoms with E-state index < -0.39 is 0 Å². The monoisotopic (exact) mass is 210 g/mol. The molecule has 0 heteroatoms. The maximum absolute atomic E-state index is 3.31. The number of aryl methyl sites for hydroxylation is 1. The zero-order valence-electron chi connectivity index (χ0n) is 10.3. The second-order valence-electron chi connectivity index (χ2n) is 5.37. The number of hydrogen-bond donors (Lipinski definition) is 0. The van der Waals surface area contributed by atoms with E-state index in [9.17, 15) is 0 Å². The Bertz CT molecular complexity index is 473. The number of benzene rings is 1. The molecular formula is C16H18. The van der Waals surface area contributed by atoms with Crippen LogP contribution in [0.2, 0.25) is 0 Å². The van der Waals surface area contributed by atoms with Gasteiger partial charge in [-0.15, -0.1) is 0 Å². The molecule has 0 fully saturated rings. The third-order valence-corrected chi connectivity index (χ3v) is 2.65. The average Bonchev–Trinajstić information content (AvgIpc) is 2.25. The van der Waals surface area contributed by atoms with Crippen LogP contribution in [0.1, 0.15) is 38.3 Å². The minimum Gasteiger partial charge on any atom is -0.0923 e. The van der Waals surface area contributed by atoms with Crippen molar-refractivity contribution in [2.24, 2.45) is 5.41 Å². The van der Waals surface area contributed by atoms with Crippen LogP contribution in [0.5, 0.6) is 0 Å². The maximum atomic E-state index is 3.31. The summed E-state index contributed by atoms with van der Waals surface area (Å²) >= 11 is 0. The first-order valence-corrected chi connectivity index (χ1v) is 5.86. The van der Waals surface area contributed by atoms with E-state index in [1.54, 1.807) is 0 Å². The molecule has 0 saturated heterocycles. The van der Waals surface area contributed by atoms with Crippen LogP contribution in [-0.2, 0) is 6.42 Å². The largest absolute Gasteiger partial charge is 0.0923 e. The van der Waals surface area contributed by atoms with Crippen molar-refractivity contribution in [3.05, 3.63) is 41.0 Å². The molecule has 0 spiro atoms. The molecule has 16 heavy (non-hydrogen) atoms. The molecule has 1 aliphatic carbocycles. The zero-order valence-corrected chi connectivity index (χ0v) is 10.3. The predicted molar refractivity (Wildman–Crippen MR) is 70.0 cm³/mol. The lowest BCUT2D eigenvalue weighted by molar-refractivity contribution is 0.571. The Morgan fingerprint density at radius 3 is 2.56 bits per heavy atom. The quantitative estimate of drug-likeness (QED) is 0.566. The molecule has 0 radical (unpaired) electrons. The summed E-state index contributed by atoms with van der Waals surface area (Å²) in [5.74, 6) is 6.62. The summed E-state index contributed by atoms with van der Waals surface area (Å²) in [5.41, 5.74) is 4.15. The normalized spacial score (nSPS) is 14.6. The Morgan fingerprint density at radius 1 is 1.06 bits per heavy atom. The number of allylic oxidation sites excluding steroid dienone is 1. The molecule has 82 valence electrons. The summed E-state index contributed by atoms with van der Waals surface area (Å²) in [6.45, 7) is 6.45. The summed E-state index contributed by atoms with van der Waals surface area (Å²) in [4.78, 5) is 0. The molecule has 0 amide bonds. The van der Waals surface area contributed by atoms with Gasteiger partial charge in [0.25, 0.3) is 0 Å². The lowest BCUT2D eigenvalue weighted by Gasteiger charge is -2.13. The van der Waals surface area contributed by atoms with E-state index in [2.05, 4.69) is 63.0 Å². The van der Waals surface area contributed by atoms with Gasteiger partial charge in [0.2, 0.25) is 0 Å². The van der Waals surface area contributed by atoms with Crippen molar-refractivity contribution in [1.29, 1.82) is 0 Å². The summed E-state index contributed by atoms with van der Waals surface area (Å²) in [7, 11) is 0. The minimum atomic E-state index is 0.0950. The number of fused-ring (bicyclic) bond motifs is 1. The van der Waals surface area contributed by atoms with Crippen molar-refractivity contribution in [2.45, 2.75) is 33.6 Å². The zero-order chi connectivity index (χ0) is 11.6. The Balaban J connectivity index is 2.27.